The minimum Gasteiger partial charge on any atom is -0.377 e. The lowest BCUT2D eigenvalue weighted by Gasteiger charge is -2.42. The normalized spacial score (nSPS) is 35.2. The van der Waals surface area contributed by atoms with Crippen LogP contribution in [0.1, 0.15) is 25.7 Å². The van der Waals surface area contributed by atoms with Crippen molar-refractivity contribution in [2.45, 2.75) is 37.9 Å². The summed E-state index contributed by atoms with van der Waals surface area (Å²) in [4.78, 5) is 7.40. The second-order valence-electron chi connectivity index (χ2n) is 6.26. The molecule has 0 aliphatic carbocycles. The van der Waals surface area contributed by atoms with Crippen LogP contribution in [-0.4, -0.2) is 80.3 Å². The van der Waals surface area contributed by atoms with Crippen LogP contribution in [0.25, 0.3) is 0 Å². The molecule has 3 saturated heterocycles. The summed E-state index contributed by atoms with van der Waals surface area (Å²) in [6, 6.07) is 0. The molecule has 2 atom stereocenters. The minimum absolute atomic E-state index is 0.455. The van der Waals surface area contributed by atoms with Crippen LogP contribution in [0.4, 0.5) is 0 Å². The maximum atomic E-state index is 5.76. The molecular formula is C14H27N3O2. The molecule has 0 radical (unpaired) electrons. The van der Waals surface area contributed by atoms with Gasteiger partial charge in [-0.3, -0.25) is 14.7 Å². The van der Waals surface area contributed by atoms with E-state index in [0.717, 1.165) is 46.3 Å². The lowest BCUT2D eigenvalue weighted by atomic mass is 10.2. The largest absolute Gasteiger partial charge is 0.377 e. The molecule has 19 heavy (non-hydrogen) atoms. The van der Waals surface area contributed by atoms with Crippen molar-refractivity contribution in [3.8, 4) is 0 Å². The Morgan fingerprint density at radius 2 is 1.37 bits per heavy atom. The molecule has 110 valence electrons. The molecule has 0 amide bonds. The van der Waals surface area contributed by atoms with Crippen LogP contribution in [0.3, 0.4) is 0 Å². The maximum Gasteiger partial charge on any atom is 0.0703 e. The topological polar surface area (TPSA) is 28.2 Å². The van der Waals surface area contributed by atoms with Crippen LogP contribution < -0.4 is 0 Å². The lowest BCUT2D eigenvalue weighted by Crippen LogP contribution is -2.56. The van der Waals surface area contributed by atoms with E-state index in [9.17, 15) is 0 Å². The quantitative estimate of drug-likeness (QED) is 0.751. The highest BCUT2D eigenvalue weighted by atomic mass is 16.5. The van der Waals surface area contributed by atoms with Gasteiger partial charge in [-0.05, 0) is 32.7 Å². The lowest BCUT2D eigenvalue weighted by molar-refractivity contribution is -0.0552. The highest BCUT2D eigenvalue weighted by molar-refractivity contribution is 4.76. The molecule has 0 spiro atoms. The highest BCUT2D eigenvalue weighted by Gasteiger charge is 2.27. The fourth-order valence-corrected chi connectivity index (χ4v) is 3.48. The van der Waals surface area contributed by atoms with E-state index >= 15 is 0 Å². The van der Waals surface area contributed by atoms with Crippen molar-refractivity contribution in [3.05, 3.63) is 0 Å². The summed E-state index contributed by atoms with van der Waals surface area (Å²) < 4.78 is 11.5. The first-order valence-electron chi connectivity index (χ1n) is 7.66. The third kappa shape index (κ3) is 3.89. The molecule has 3 fully saturated rings. The summed E-state index contributed by atoms with van der Waals surface area (Å²) in [7, 11) is 2.20. The van der Waals surface area contributed by atoms with E-state index in [0.29, 0.717) is 12.2 Å². The van der Waals surface area contributed by atoms with Gasteiger partial charge in [0, 0.05) is 26.3 Å². The Bertz CT molecular complexity index is 252. The zero-order chi connectivity index (χ0) is 13.1. The Morgan fingerprint density at radius 3 is 1.79 bits per heavy atom. The molecule has 0 bridgehead atoms. The van der Waals surface area contributed by atoms with Crippen LogP contribution in [-0.2, 0) is 9.47 Å². The Kier molecular flexibility index (Phi) is 4.71. The predicted octanol–water partition coefficient (Wildman–Crippen LogP) is 0.766. The maximum absolute atomic E-state index is 5.76. The molecule has 5 heteroatoms. The number of nitrogens with zero attached hydrogens (tertiary/aromatic N) is 3. The molecular weight excluding hydrogens is 242 g/mol. The molecule has 0 aromatic rings. The third-order valence-corrected chi connectivity index (χ3v) is 4.25. The molecule has 2 unspecified atom stereocenters. The summed E-state index contributed by atoms with van der Waals surface area (Å²) in [5.74, 6) is 0. The zero-order valence-corrected chi connectivity index (χ0v) is 12.1. The summed E-state index contributed by atoms with van der Waals surface area (Å²) in [6.45, 7) is 7.23. The average molecular weight is 269 g/mol. The molecule has 3 aliphatic heterocycles. The van der Waals surface area contributed by atoms with Gasteiger partial charge < -0.3 is 9.47 Å². The minimum atomic E-state index is 0.455. The first kappa shape index (κ1) is 13.8. The van der Waals surface area contributed by atoms with E-state index in [1.807, 2.05) is 0 Å². The SMILES string of the molecule is CN1CN(CC2CCCO2)CN(CC2CCCO2)C1. The molecule has 5 nitrogen and oxygen atoms in total. The van der Waals surface area contributed by atoms with Gasteiger partial charge in [0.05, 0.1) is 32.2 Å². The van der Waals surface area contributed by atoms with Crippen molar-refractivity contribution < 1.29 is 9.47 Å². The molecule has 3 aliphatic rings. The molecule has 0 aromatic heterocycles. The van der Waals surface area contributed by atoms with Crippen molar-refractivity contribution in [2.75, 3.05) is 53.4 Å². The van der Waals surface area contributed by atoms with Crippen molar-refractivity contribution >= 4 is 0 Å². The predicted molar refractivity (Wildman–Crippen MR) is 73.7 cm³/mol. The van der Waals surface area contributed by atoms with E-state index < -0.39 is 0 Å². The van der Waals surface area contributed by atoms with Crippen LogP contribution in [0, 0.1) is 0 Å². The van der Waals surface area contributed by atoms with E-state index in [2.05, 4.69) is 21.7 Å². The Balaban J connectivity index is 1.48. The highest BCUT2D eigenvalue weighted by Crippen LogP contribution is 2.18. The van der Waals surface area contributed by atoms with Gasteiger partial charge in [-0.25, -0.2) is 0 Å². The Labute approximate surface area is 116 Å². The number of rotatable bonds is 4. The standard InChI is InChI=1S/C14H27N3O2/c1-15-10-16(8-13-4-2-6-18-13)12-17(11-15)9-14-5-3-7-19-14/h13-14H,2-12H2,1H3. The van der Waals surface area contributed by atoms with Crippen molar-refractivity contribution in [2.24, 2.45) is 0 Å². The summed E-state index contributed by atoms with van der Waals surface area (Å²) >= 11 is 0. The number of hydrogen-bond acceptors (Lipinski definition) is 5. The zero-order valence-electron chi connectivity index (χ0n) is 12.1. The first-order valence-corrected chi connectivity index (χ1v) is 7.66. The van der Waals surface area contributed by atoms with E-state index in [1.54, 1.807) is 0 Å². The summed E-state index contributed by atoms with van der Waals surface area (Å²) in [5.41, 5.74) is 0. The summed E-state index contributed by atoms with van der Waals surface area (Å²) in [5, 5.41) is 0. The average Bonchev–Trinajstić information content (AvgIpc) is 3.01. The second kappa shape index (κ2) is 6.50. The molecule has 0 saturated carbocycles. The Hall–Kier alpha value is -0.200. The first-order chi connectivity index (χ1) is 9.29. The van der Waals surface area contributed by atoms with Crippen LogP contribution >= 0.6 is 0 Å². The van der Waals surface area contributed by atoms with Crippen molar-refractivity contribution in [1.82, 2.24) is 14.7 Å². The van der Waals surface area contributed by atoms with Gasteiger partial charge in [0.2, 0.25) is 0 Å². The fraction of sp³-hybridized carbons (Fsp3) is 1.00. The van der Waals surface area contributed by atoms with Gasteiger partial charge in [-0.1, -0.05) is 0 Å². The van der Waals surface area contributed by atoms with E-state index in [4.69, 9.17) is 9.47 Å². The van der Waals surface area contributed by atoms with Gasteiger partial charge in [0.15, 0.2) is 0 Å². The van der Waals surface area contributed by atoms with Crippen molar-refractivity contribution in [3.63, 3.8) is 0 Å². The van der Waals surface area contributed by atoms with Crippen LogP contribution in [0.15, 0.2) is 0 Å². The Morgan fingerprint density at radius 1 is 0.842 bits per heavy atom. The molecule has 0 N–H and O–H groups in total. The van der Waals surface area contributed by atoms with Crippen LogP contribution in [0.2, 0.25) is 0 Å². The number of ether oxygens (including phenoxy) is 2. The van der Waals surface area contributed by atoms with E-state index in [-0.39, 0.29) is 0 Å². The smallest absolute Gasteiger partial charge is 0.0703 e. The van der Waals surface area contributed by atoms with Gasteiger partial charge in [-0.15, -0.1) is 0 Å². The van der Waals surface area contributed by atoms with Gasteiger partial charge in [0.1, 0.15) is 0 Å². The third-order valence-electron chi connectivity index (χ3n) is 4.25. The van der Waals surface area contributed by atoms with E-state index in [1.165, 1.54) is 25.7 Å². The van der Waals surface area contributed by atoms with Gasteiger partial charge in [0.25, 0.3) is 0 Å². The molecule has 0 aromatic carbocycles. The van der Waals surface area contributed by atoms with Gasteiger partial charge >= 0.3 is 0 Å². The fourth-order valence-electron chi connectivity index (χ4n) is 3.48. The van der Waals surface area contributed by atoms with Crippen molar-refractivity contribution in [1.29, 1.82) is 0 Å². The number of hydrogen-bond donors (Lipinski definition) is 0. The molecule has 3 rings (SSSR count). The van der Waals surface area contributed by atoms with Gasteiger partial charge in [-0.2, -0.15) is 0 Å². The summed E-state index contributed by atoms with van der Waals surface area (Å²) in [6.07, 6.45) is 5.83. The van der Waals surface area contributed by atoms with Crippen LogP contribution in [0.5, 0.6) is 0 Å². The second-order valence-corrected chi connectivity index (χ2v) is 6.26. The molecule has 3 heterocycles. The monoisotopic (exact) mass is 269 g/mol.